The molecule has 20 heavy (non-hydrogen) atoms. The van der Waals surface area contributed by atoms with Gasteiger partial charge in [0.15, 0.2) is 0 Å². The van der Waals surface area contributed by atoms with Gasteiger partial charge in [-0.2, -0.15) is 0 Å². The average molecular weight is 370 g/mol. The summed E-state index contributed by atoms with van der Waals surface area (Å²) in [5.41, 5.74) is -0.518. The third kappa shape index (κ3) is 3.03. The van der Waals surface area contributed by atoms with Crippen LogP contribution in [0.15, 0.2) is 21.5 Å². The lowest BCUT2D eigenvalue weighted by atomic mass is 9.80. The first kappa shape index (κ1) is 15.8. The summed E-state index contributed by atoms with van der Waals surface area (Å²) in [6, 6.07) is 1.45. The number of rotatable bonds is 5. The van der Waals surface area contributed by atoms with Crippen LogP contribution in [0.25, 0.3) is 0 Å². The maximum Gasteiger partial charge on any atom is 0.244 e. The van der Waals surface area contributed by atoms with Gasteiger partial charge in [0.2, 0.25) is 10.0 Å². The fourth-order valence-corrected chi connectivity index (χ4v) is 4.38. The van der Waals surface area contributed by atoms with Gasteiger partial charge in [-0.1, -0.05) is 0 Å². The molecule has 8 heteroatoms. The van der Waals surface area contributed by atoms with Crippen LogP contribution in [-0.4, -0.2) is 27.7 Å². The predicted molar refractivity (Wildman–Crippen MR) is 72.8 cm³/mol. The summed E-state index contributed by atoms with van der Waals surface area (Å²) in [5, 5.41) is 0. The Bertz CT molecular complexity index is 589. The van der Waals surface area contributed by atoms with Crippen molar-refractivity contribution in [2.75, 3.05) is 13.7 Å². The lowest BCUT2D eigenvalue weighted by molar-refractivity contribution is -0.0659. The normalized spacial score (nSPS) is 17.8. The van der Waals surface area contributed by atoms with Gasteiger partial charge >= 0.3 is 0 Å². The molecule has 1 N–H and O–H groups in total. The summed E-state index contributed by atoms with van der Waals surface area (Å²) >= 11 is 2.87. The number of hydrogen-bond donors (Lipinski definition) is 1. The number of ether oxygens (including phenoxy) is 1. The molecule has 1 saturated carbocycles. The van der Waals surface area contributed by atoms with Crippen molar-refractivity contribution >= 4 is 26.0 Å². The third-order valence-corrected chi connectivity index (χ3v) is 5.88. The van der Waals surface area contributed by atoms with Crippen molar-refractivity contribution in [3.8, 4) is 0 Å². The maximum absolute atomic E-state index is 13.7. The summed E-state index contributed by atoms with van der Waals surface area (Å²) in [6.45, 7) is 0.0646. The molecule has 0 aliphatic heterocycles. The summed E-state index contributed by atoms with van der Waals surface area (Å²) in [7, 11) is -2.56. The summed E-state index contributed by atoms with van der Waals surface area (Å²) in [5.74, 6) is -1.98. The molecule has 1 aromatic rings. The molecule has 2 rings (SSSR count). The molecule has 0 amide bonds. The minimum absolute atomic E-state index is 0.0646. The van der Waals surface area contributed by atoms with Crippen LogP contribution in [0.5, 0.6) is 0 Å². The van der Waals surface area contributed by atoms with E-state index in [2.05, 4.69) is 20.7 Å². The van der Waals surface area contributed by atoms with Gasteiger partial charge in [-0.15, -0.1) is 0 Å². The van der Waals surface area contributed by atoms with Gasteiger partial charge in [-0.25, -0.2) is 21.9 Å². The first-order valence-corrected chi connectivity index (χ1v) is 8.27. The van der Waals surface area contributed by atoms with E-state index >= 15 is 0 Å². The summed E-state index contributed by atoms with van der Waals surface area (Å²) < 4.78 is 58.4. The Hall–Kier alpha value is -0.570. The monoisotopic (exact) mass is 369 g/mol. The van der Waals surface area contributed by atoms with Gasteiger partial charge in [0.1, 0.15) is 16.5 Å². The Morgan fingerprint density at radius 3 is 2.50 bits per heavy atom. The Labute approximate surface area is 124 Å². The van der Waals surface area contributed by atoms with Crippen molar-refractivity contribution in [2.24, 2.45) is 0 Å². The number of halogens is 3. The molecule has 0 heterocycles. The molecule has 112 valence electrons. The van der Waals surface area contributed by atoms with E-state index in [0.29, 0.717) is 6.07 Å². The molecular formula is C12H14BrF2NO3S. The highest BCUT2D eigenvalue weighted by Gasteiger charge is 2.38. The standard InChI is InChI=1S/C12H14BrF2NO3S/c1-19-12(3-2-4-12)7-16-20(17,18)11-9(13)5-8(14)6-10(11)15/h5-6,16H,2-4,7H2,1H3. The second kappa shape index (κ2) is 5.67. The van der Waals surface area contributed by atoms with E-state index in [1.54, 1.807) is 0 Å². The fraction of sp³-hybridized carbons (Fsp3) is 0.500. The SMILES string of the molecule is COC1(CNS(=O)(=O)c2c(F)cc(F)cc2Br)CCC1. The molecule has 1 aliphatic carbocycles. The van der Waals surface area contributed by atoms with Gasteiger partial charge in [-0.05, 0) is 41.3 Å². The zero-order chi connectivity index (χ0) is 15.0. The molecule has 0 atom stereocenters. The quantitative estimate of drug-likeness (QED) is 0.867. The van der Waals surface area contributed by atoms with E-state index in [1.165, 1.54) is 7.11 Å². The highest BCUT2D eigenvalue weighted by Crippen LogP contribution is 2.35. The number of benzene rings is 1. The molecule has 0 radical (unpaired) electrons. The van der Waals surface area contributed by atoms with Gasteiger partial charge < -0.3 is 4.74 Å². The van der Waals surface area contributed by atoms with Crippen LogP contribution in [0.1, 0.15) is 19.3 Å². The van der Waals surface area contributed by atoms with Crippen LogP contribution in [0.2, 0.25) is 0 Å². The maximum atomic E-state index is 13.7. The van der Waals surface area contributed by atoms with Gasteiger partial charge in [-0.3, -0.25) is 0 Å². The molecule has 0 saturated heterocycles. The number of hydrogen-bond acceptors (Lipinski definition) is 3. The Balaban J connectivity index is 2.23. The van der Waals surface area contributed by atoms with Crippen LogP contribution in [0.4, 0.5) is 8.78 Å². The zero-order valence-corrected chi connectivity index (χ0v) is 13.2. The van der Waals surface area contributed by atoms with Gasteiger partial charge in [0.05, 0.1) is 5.60 Å². The van der Waals surface area contributed by atoms with E-state index in [-0.39, 0.29) is 11.0 Å². The largest absolute Gasteiger partial charge is 0.377 e. The molecule has 1 aromatic carbocycles. The van der Waals surface area contributed by atoms with Crippen molar-refractivity contribution in [1.82, 2.24) is 4.72 Å². The molecule has 0 unspecified atom stereocenters. The molecule has 4 nitrogen and oxygen atoms in total. The number of sulfonamides is 1. The first-order chi connectivity index (χ1) is 9.30. The zero-order valence-electron chi connectivity index (χ0n) is 10.8. The smallest absolute Gasteiger partial charge is 0.244 e. The van der Waals surface area contributed by atoms with E-state index in [9.17, 15) is 17.2 Å². The summed E-state index contributed by atoms with van der Waals surface area (Å²) in [6.07, 6.45) is 2.46. The van der Waals surface area contributed by atoms with Gasteiger partial charge in [0, 0.05) is 24.2 Å². The van der Waals surface area contributed by atoms with Crippen LogP contribution in [0, 0.1) is 11.6 Å². The minimum Gasteiger partial charge on any atom is -0.377 e. The van der Waals surface area contributed by atoms with E-state index in [1.807, 2.05) is 0 Å². The molecule has 0 bridgehead atoms. The highest BCUT2D eigenvalue weighted by atomic mass is 79.9. The second-order valence-electron chi connectivity index (χ2n) is 4.76. The third-order valence-electron chi connectivity index (χ3n) is 3.51. The van der Waals surface area contributed by atoms with Gasteiger partial charge in [0.25, 0.3) is 0 Å². The van der Waals surface area contributed by atoms with E-state index in [4.69, 9.17) is 4.74 Å². The Kier molecular flexibility index (Phi) is 4.48. The van der Waals surface area contributed by atoms with Crippen molar-refractivity contribution < 1.29 is 21.9 Å². The van der Waals surface area contributed by atoms with Crippen LogP contribution >= 0.6 is 15.9 Å². The van der Waals surface area contributed by atoms with Crippen LogP contribution in [0.3, 0.4) is 0 Å². The molecule has 0 spiro atoms. The number of methoxy groups -OCH3 is 1. The molecule has 0 aromatic heterocycles. The average Bonchev–Trinajstić information content (AvgIpc) is 2.25. The lowest BCUT2D eigenvalue weighted by Gasteiger charge is -2.40. The van der Waals surface area contributed by atoms with Crippen LogP contribution in [-0.2, 0) is 14.8 Å². The minimum atomic E-state index is -4.08. The van der Waals surface area contributed by atoms with Crippen LogP contribution < -0.4 is 4.72 Å². The number of nitrogens with one attached hydrogen (secondary N) is 1. The summed E-state index contributed by atoms with van der Waals surface area (Å²) in [4.78, 5) is -0.593. The van der Waals surface area contributed by atoms with Crippen molar-refractivity contribution in [1.29, 1.82) is 0 Å². The van der Waals surface area contributed by atoms with Crippen molar-refractivity contribution in [3.05, 3.63) is 28.2 Å². The first-order valence-electron chi connectivity index (χ1n) is 5.99. The van der Waals surface area contributed by atoms with E-state index in [0.717, 1.165) is 25.3 Å². The Morgan fingerprint density at radius 2 is 2.05 bits per heavy atom. The lowest BCUT2D eigenvalue weighted by Crippen LogP contribution is -2.49. The van der Waals surface area contributed by atoms with Crippen molar-refractivity contribution in [3.63, 3.8) is 0 Å². The Morgan fingerprint density at radius 1 is 1.40 bits per heavy atom. The fourth-order valence-electron chi connectivity index (χ4n) is 2.11. The highest BCUT2D eigenvalue weighted by molar-refractivity contribution is 9.10. The molecular weight excluding hydrogens is 356 g/mol. The molecule has 1 aliphatic rings. The van der Waals surface area contributed by atoms with Crippen molar-refractivity contribution in [2.45, 2.75) is 29.8 Å². The second-order valence-corrected chi connectivity index (χ2v) is 7.32. The molecule has 1 fully saturated rings. The topological polar surface area (TPSA) is 55.4 Å². The predicted octanol–water partition coefficient (Wildman–Crippen LogP) is 2.57. The van der Waals surface area contributed by atoms with E-state index < -0.39 is 32.2 Å².